The van der Waals surface area contributed by atoms with Crippen LogP contribution in [-0.4, -0.2) is 38.7 Å². The van der Waals surface area contributed by atoms with Crippen LogP contribution in [0.2, 0.25) is 0 Å². The summed E-state index contributed by atoms with van der Waals surface area (Å²) in [6.45, 7) is 1.73. The zero-order valence-corrected chi connectivity index (χ0v) is 16.1. The highest BCUT2D eigenvalue weighted by Gasteiger charge is 2.37. The molecule has 0 aromatic heterocycles. The number of nitrogens with zero attached hydrogens (tertiary/aromatic N) is 2. The molecule has 0 fully saturated rings. The van der Waals surface area contributed by atoms with E-state index in [1.54, 1.807) is 11.1 Å². The minimum atomic E-state index is -1.01. The van der Waals surface area contributed by atoms with Gasteiger partial charge in [-0.1, -0.05) is 48.5 Å². The van der Waals surface area contributed by atoms with E-state index in [4.69, 9.17) is 0 Å². The monoisotopic (exact) mass is 390 g/mol. The van der Waals surface area contributed by atoms with E-state index in [0.717, 1.165) is 22.3 Å². The number of carboxylic acid groups (broad SMARTS) is 1. The van der Waals surface area contributed by atoms with Crippen LogP contribution in [0.5, 0.6) is 0 Å². The highest BCUT2D eigenvalue weighted by atomic mass is 16.4. The van der Waals surface area contributed by atoms with Crippen LogP contribution in [0.25, 0.3) is 6.08 Å². The Labute approximate surface area is 169 Å². The number of benzene rings is 2. The Balaban J connectivity index is 1.64. The molecule has 1 N–H and O–H groups in total. The molecule has 4 rings (SSSR count). The van der Waals surface area contributed by atoms with Gasteiger partial charge in [0.2, 0.25) is 11.8 Å². The van der Waals surface area contributed by atoms with E-state index in [-0.39, 0.29) is 31.2 Å². The number of carboxylic acids is 1. The van der Waals surface area contributed by atoms with Crippen molar-refractivity contribution in [2.45, 2.75) is 38.4 Å². The average molecular weight is 390 g/mol. The minimum Gasteiger partial charge on any atom is -0.480 e. The molecule has 0 saturated carbocycles. The maximum Gasteiger partial charge on any atom is 0.326 e. The van der Waals surface area contributed by atoms with Crippen molar-refractivity contribution in [3.05, 3.63) is 77.0 Å². The van der Waals surface area contributed by atoms with Gasteiger partial charge >= 0.3 is 5.97 Å². The third-order valence-corrected chi connectivity index (χ3v) is 5.69. The van der Waals surface area contributed by atoms with Gasteiger partial charge in [0.1, 0.15) is 6.04 Å². The predicted molar refractivity (Wildman–Crippen MR) is 107 cm³/mol. The van der Waals surface area contributed by atoms with Crippen LogP contribution in [0, 0.1) is 0 Å². The van der Waals surface area contributed by atoms with Gasteiger partial charge in [-0.2, -0.15) is 0 Å². The molecule has 6 heteroatoms. The van der Waals surface area contributed by atoms with Gasteiger partial charge in [0.25, 0.3) is 0 Å². The molecule has 29 heavy (non-hydrogen) atoms. The summed E-state index contributed by atoms with van der Waals surface area (Å²) in [6, 6.07) is 13.9. The lowest BCUT2D eigenvalue weighted by molar-refractivity contribution is -0.152. The Morgan fingerprint density at radius 1 is 1.03 bits per heavy atom. The smallest absolute Gasteiger partial charge is 0.326 e. The normalized spacial score (nSPS) is 20.0. The fourth-order valence-corrected chi connectivity index (χ4v) is 4.20. The first-order chi connectivity index (χ1) is 14.0. The van der Waals surface area contributed by atoms with Gasteiger partial charge in [-0.25, -0.2) is 4.79 Å². The molecule has 2 aliphatic rings. The Morgan fingerprint density at radius 2 is 1.72 bits per heavy atom. The Bertz CT molecular complexity index is 1010. The third kappa shape index (κ3) is 3.53. The quantitative estimate of drug-likeness (QED) is 0.874. The molecule has 2 aliphatic heterocycles. The van der Waals surface area contributed by atoms with E-state index in [1.807, 2.05) is 54.6 Å². The van der Waals surface area contributed by atoms with Crippen LogP contribution in [-0.2, 0) is 27.3 Å². The van der Waals surface area contributed by atoms with Gasteiger partial charge < -0.3 is 14.9 Å². The molecule has 0 saturated heterocycles. The van der Waals surface area contributed by atoms with Crippen LogP contribution in [0.3, 0.4) is 0 Å². The highest BCUT2D eigenvalue weighted by Crippen LogP contribution is 2.34. The Morgan fingerprint density at radius 3 is 2.45 bits per heavy atom. The van der Waals surface area contributed by atoms with Crippen molar-refractivity contribution in [3.8, 4) is 0 Å². The molecule has 0 radical (unpaired) electrons. The molecule has 0 aliphatic carbocycles. The summed E-state index contributed by atoms with van der Waals surface area (Å²) in [5, 5.41) is 9.72. The topological polar surface area (TPSA) is 77.9 Å². The second-order valence-corrected chi connectivity index (χ2v) is 7.44. The number of aliphatic carboxylic acids is 1. The summed E-state index contributed by atoms with van der Waals surface area (Å²) in [5.74, 6) is -1.44. The fourth-order valence-electron chi connectivity index (χ4n) is 4.20. The Kier molecular flexibility index (Phi) is 4.92. The molecular formula is C23H22N2O4. The molecule has 0 bridgehead atoms. The Hall–Kier alpha value is -3.41. The molecule has 2 heterocycles. The maximum atomic E-state index is 13.3. The van der Waals surface area contributed by atoms with Gasteiger partial charge in [0, 0.05) is 26.1 Å². The summed E-state index contributed by atoms with van der Waals surface area (Å²) in [5.41, 5.74) is 3.77. The second-order valence-electron chi connectivity index (χ2n) is 7.44. The first-order valence-corrected chi connectivity index (χ1v) is 9.61. The second kappa shape index (κ2) is 7.54. The molecule has 2 aromatic rings. The highest BCUT2D eigenvalue weighted by molar-refractivity contribution is 5.86. The van der Waals surface area contributed by atoms with Gasteiger partial charge in [-0.15, -0.1) is 0 Å². The van der Waals surface area contributed by atoms with Crippen molar-refractivity contribution >= 4 is 23.9 Å². The maximum absolute atomic E-state index is 13.3. The molecule has 6 nitrogen and oxygen atoms in total. The van der Waals surface area contributed by atoms with Gasteiger partial charge in [-0.3, -0.25) is 9.59 Å². The SMILES string of the molecule is CC(=O)N1C=Cc2ccccc2[C@@H]1CC(=O)N1Cc2ccccc2C[C@@H]1C(=O)O. The number of hydrogen-bond acceptors (Lipinski definition) is 3. The molecule has 2 aromatic carbocycles. The number of carbonyl (C=O) groups is 3. The van der Waals surface area contributed by atoms with Crippen LogP contribution in [0.4, 0.5) is 0 Å². The van der Waals surface area contributed by atoms with E-state index in [0.29, 0.717) is 0 Å². The molecule has 0 unspecified atom stereocenters. The first-order valence-electron chi connectivity index (χ1n) is 9.61. The molecule has 148 valence electrons. The van der Waals surface area contributed by atoms with Crippen molar-refractivity contribution in [1.82, 2.24) is 9.80 Å². The summed E-state index contributed by atoms with van der Waals surface area (Å²) in [4.78, 5) is 40.3. The van der Waals surface area contributed by atoms with Crippen LogP contribution in [0.1, 0.15) is 41.6 Å². The van der Waals surface area contributed by atoms with E-state index in [1.165, 1.54) is 11.8 Å². The van der Waals surface area contributed by atoms with Gasteiger partial charge in [0.05, 0.1) is 12.5 Å². The predicted octanol–water partition coefficient (Wildman–Crippen LogP) is 2.99. The lowest BCUT2D eigenvalue weighted by Crippen LogP contribution is -2.49. The summed E-state index contributed by atoms with van der Waals surface area (Å²) in [6.07, 6.45) is 3.87. The zero-order chi connectivity index (χ0) is 20.5. The van der Waals surface area contributed by atoms with E-state index in [9.17, 15) is 19.5 Å². The standard InChI is InChI=1S/C23H22N2O4/c1-15(26)24-11-10-16-6-4-5-9-19(16)20(24)13-22(27)25-14-18-8-3-2-7-17(18)12-21(25)23(28)29/h2-11,20-21H,12-14H2,1H3,(H,28,29)/t20-,21+/m0/s1. The summed E-state index contributed by atoms with van der Waals surface area (Å²) in [7, 11) is 0. The van der Waals surface area contributed by atoms with Crippen LogP contribution < -0.4 is 0 Å². The largest absolute Gasteiger partial charge is 0.480 e. The van der Waals surface area contributed by atoms with Crippen molar-refractivity contribution in [2.24, 2.45) is 0 Å². The number of carbonyl (C=O) groups excluding carboxylic acids is 2. The lowest BCUT2D eigenvalue weighted by Gasteiger charge is -2.37. The summed E-state index contributed by atoms with van der Waals surface area (Å²) < 4.78 is 0. The number of hydrogen-bond donors (Lipinski definition) is 1. The van der Waals surface area contributed by atoms with Gasteiger partial charge in [-0.05, 0) is 28.3 Å². The van der Waals surface area contributed by atoms with Gasteiger partial charge in [0.15, 0.2) is 0 Å². The van der Waals surface area contributed by atoms with Crippen molar-refractivity contribution < 1.29 is 19.5 Å². The minimum absolute atomic E-state index is 0.0346. The molecule has 2 atom stereocenters. The van der Waals surface area contributed by atoms with E-state index >= 15 is 0 Å². The van der Waals surface area contributed by atoms with E-state index < -0.39 is 18.1 Å². The third-order valence-electron chi connectivity index (χ3n) is 5.69. The van der Waals surface area contributed by atoms with Crippen LogP contribution in [0.15, 0.2) is 54.7 Å². The number of amides is 2. The molecule has 2 amide bonds. The average Bonchev–Trinajstić information content (AvgIpc) is 2.72. The van der Waals surface area contributed by atoms with Crippen molar-refractivity contribution in [2.75, 3.05) is 0 Å². The van der Waals surface area contributed by atoms with Crippen molar-refractivity contribution in [1.29, 1.82) is 0 Å². The number of rotatable bonds is 3. The van der Waals surface area contributed by atoms with Crippen molar-refractivity contribution in [3.63, 3.8) is 0 Å². The number of fused-ring (bicyclic) bond motifs is 2. The zero-order valence-electron chi connectivity index (χ0n) is 16.1. The summed E-state index contributed by atoms with van der Waals surface area (Å²) >= 11 is 0. The molecular weight excluding hydrogens is 368 g/mol. The fraction of sp³-hybridized carbons (Fsp3) is 0.261. The molecule has 0 spiro atoms. The van der Waals surface area contributed by atoms with E-state index in [2.05, 4.69) is 0 Å². The first kappa shape index (κ1) is 18.9. The van der Waals surface area contributed by atoms with Crippen LogP contribution >= 0.6 is 0 Å². The lowest BCUT2D eigenvalue weighted by atomic mass is 9.91.